The lowest BCUT2D eigenvalue weighted by molar-refractivity contribution is 0.553. The molecule has 0 radical (unpaired) electrons. The molecule has 0 aromatic carbocycles. The van der Waals surface area contributed by atoms with Crippen molar-refractivity contribution in [3.8, 4) is 0 Å². The normalized spacial score (nSPS) is 10.5. The molecule has 0 aliphatic heterocycles. The molecule has 0 aliphatic rings. The van der Waals surface area contributed by atoms with Crippen LogP contribution in [0.4, 0.5) is 14.5 Å². The lowest BCUT2D eigenvalue weighted by Crippen LogP contribution is -2.24. The second-order valence-corrected chi connectivity index (χ2v) is 4.34. The van der Waals surface area contributed by atoms with E-state index >= 15 is 0 Å². The molecule has 15 heavy (non-hydrogen) atoms. The molecule has 0 saturated heterocycles. The fraction of sp³-hybridized carbons (Fsp3) is 0.444. The first-order chi connectivity index (χ1) is 7.02. The fourth-order valence-electron chi connectivity index (χ4n) is 1.29. The van der Waals surface area contributed by atoms with Crippen LogP contribution in [0.5, 0.6) is 0 Å². The monoisotopic (exact) mass is 342 g/mol. The highest BCUT2D eigenvalue weighted by Gasteiger charge is 2.21. The average molecular weight is 344 g/mol. The molecule has 0 fully saturated rings. The van der Waals surface area contributed by atoms with E-state index in [-0.39, 0.29) is 14.9 Å². The van der Waals surface area contributed by atoms with Gasteiger partial charge in [0, 0.05) is 13.1 Å². The van der Waals surface area contributed by atoms with Crippen LogP contribution in [0.3, 0.4) is 0 Å². The average Bonchev–Trinajstić information content (AvgIpc) is 2.21. The maximum Gasteiger partial charge on any atom is 0.182 e. The molecule has 1 heterocycles. The van der Waals surface area contributed by atoms with E-state index in [4.69, 9.17) is 0 Å². The minimum Gasteiger partial charge on any atom is -0.367 e. The molecular weight excluding hydrogens is 334 g/mol. The van der Waals surface area contributed by atoms with E-state index in [2.05, 4.69) is 36.8 Å². The van der Waals surface area contributed by atoms with Crippen LogP contribution in [0.15, 0.2) is 9.21 Å². The van der Waals surface area contributed by atoms with Crippen molar-refractivity contribution in [2.24, 2.45) is 0 Å². The van der Waals surface area contributed by atoms with Crippen LogP contribution >= 0.6 is 31.9 Å². The van der Waals surface area contributed by atoms with Crippen molar-refractivity contribution in [3.63, 3.8) is 0 Å². The first kappa shape index (κ1) is 12.8. The third kappa shape index (κ3) is 2.47. The zero-order valence-corrected chi connectivity index (χ0v) is 11.5. The van der Waals surface area contributed by atoms with E-state index in [0.717, 1.165) is 0 Å². The number of pyridine rings is 1. The first-order valence-electron chi connectivity index (χ1n) is 4.47. The van der Waals surface area contributed by atoms with Gasteiger partial charge in [-0.1, -0.05) is 0 Å². The Labute approximate surface area is 104 Å². The summed E-state index contributed by atoms with van der Waals surface area (Å²) < 4.78 is 27.3. The summed E-state index contributed by atoms with van der Waals surface area (Å²) in [7, 11) is 0. The summed E-state index contributed by atoms with van der Waals surface area (Å²) in [6, 6.07) is 0. The maximum atomic E-state index is 13.7. The Kier molecular flexibility index (Phi) is 4.45. The Morgan fingerprint density at radius 3 is 1.80 bits per heavy atom. The van der Waals surface area contributed by atoms with Crippen molar-refractivity contribution in [1.29, 1.82) is 0 Å². The third-order valence-corrected chi connectivity index (χ3v) is 3.10. The summed E-state index contributed by atoms with van der Waals surface area (Å²) in [5, 5.41) is 0. The SMILES string of the molecule is CCN(CC)c1c(F)c(Br)nc(Br)c1F. The Bertz CT molecular complexity index is 341. The molecule has 1 aromatic rings. The van der Waals surface area contributed by atoms with Crippen molar-refractivity contribution in [1.82, 2.24) is 4.98 Å². The van der Waals surface area contributed by atoms with Crippen molar-refractivity contribution >= 4 is 37.5 Å². The van der Waals surface area contributed by atoms with Crippen molar-refractivity contribution in [2.75, 3.05) is 18.0 Å². The van der Waals surface area contributed by atoms with Crippen LogP contribution < -0.4 is 4.90 Å². The van der Waals surface area contributed by atoms with Gasteiger partial charge in [0.25, 0.3) is 0 Å². The van der Waals surface area contributed by atoms with Crippen LogP contribution in [-0.4, -0.2) is 18.1 Å². The standard InChI is InChI=1S/C9H10Br2F2N2/c1-3-15(4-2)7-5(12)8(10)14-9(11)6(7)13/h3-4H2,1-2H3. The molecule has 1 aromatic heterocycles. The van der Waals surface area contributed by atoms with E-state index in [9.17, 15) is 8.78 Å². The molecule has 0 N–H and O–H groups in total. The summed E-state index contributed by atoms with van der Waals surface area (Å²) in [4.78, 5) is 5.24. The van der Waals surface area contributed by atoms with Gasteiger partial charge in [0.2, 0.25) is 0 Å². The smallest absolute Gasteiger partial charge is 0.182 e. The van der Waals surface area contributed by atoms with E-state index in [0.29, 0.717) is 13.1 Å². The Morgan fingerprint density at radius 2 is 1.47 bits per heavy atom. The zero-order valence-electron chi connectivity index (χ0n) is 8.32. The van der Waals surface area contributed by atoms with Gasteiger partial charge < -0.3 is 4.90 Å². The maximum absolute atomic E-state index is 13.7. The molecule has 0 aliphatic carbocycles. The molecule has 2 nitrogen and oxygen atoms in total. The summed E-state index contributed by atoms with van der Waals surface area (Å²) in [6.07, 6.45) is 0. The van der Waals surface area contributed by atoms with Crippen molar-refractivity contribution < 1.29 is 8.78 Å². The summed E-state index contributed by atoms with van der Waals surface area (Å²) in [6.45, 7) is 4.75. The van der Waals surface area contributed by atoms with Crippen LogP contribution in [0.25, 0.3) is 0 Å². The van der Waals surface area contributed by atoms with Gasteiger partial charge in [-0.25, -0.2) is 13.8 Å². The molecular formula is C9H10Br2F2N2. The Morgan fingerprint density at radius 1 is 1.07 bits per heavy atom. The largest absolute Gasteiger partial charge is 0.367 e. The number of halogens is 4. The number of anilines is 1. The zero-order chi connectivity index (χ0) is 11.6. The van der Waals surface area contributed by atoms with E-state index < -0.39 is 11.6 Å². The van der Waals surface area contributed by atoms with Crippen LogP contribution in [0.2, 0.25) is 0 Å². The summed E-state index contributed by atoms with van der Waals surface area (Å²) in [5.74, 6) is -1.33. The lowest BCUT2D eigenvalue weighted by atomic mass is 10.3. The number of nitrogens with zero attached hydrogens (tertiary/aromatic N) is 2. The van der Waals surface area contributed by atoms with Gasteiger partial charge in [0.05, 0.1) is 0 Å². The molecule has 0 spiro atoms. The lowest BCUT2D eigenvalue weighted by Gasteiger charge is -2.22. The van der Waals surface area contributed by atoms with Gasteiger partial charge >= 0.3 is 0 Å². The predicted octanol–water partition coefficient (Wildman–Crippen LogP) is 3.73. The van der Waals surface area contributed by atoms with Gasteiger partial charge in [-0.2, -0.15) is 0 Å². The third-order valence-electron chi connectivity index (χ3n) is 2.05. The molecule has 0 unspecified atom stereocenters. The van der Waals surface area contributed by atoms with Crippen LogP contribution in [0.1, 0.15) is 13.8 Å². The minimum atomic E-state index is -0.667. The quantitative estimate of drug-likeness (QED) is 0.777. The van der Waals surface area contributed by atoms with Gasteiger partial charge in [-0.15, -0.1) is 0 Å². The highest BCUT2D eigenvalue weighted by Crippen LogP contribution is 2.31. The van der Waals surface area contributed by atoms with Gasteiger partial charge in [0.15, 0.2) is 11.6 Å². The number of rotatable bonds is 3. The number of hydrogen-bond donors (Lipinski definition) is 0. The molecule has 6 heteroatoms. The highest BCUT2D eigenvalue weighted by molar-refractivity contribution is 9.11. The van der Waals surface area contributed by atoms with Crippen LogP contribution in [0, 0.1) is 11.6 Å². The molecule has 0 atom stereocenters. The van der Waals surface area contributed by atoms with E-state index in [1.807, 2.05) is 13.8 Å². The van der Waals surface area contributed by atoms with Gasteiger partial charge in [0.1, 0.15) is 14.9 Å². The molecule has 0 bridgehead atoms. The first-order valence-corrected chi connectivity index (χ1v) is 6.06. The minimum absolute atomic E-state index is 0.0117. The van der Waals surface area contributed by atoms with Crippen molar-refractivity contribution in [2.45, 2.75) is 13.8 Å². The highest BCUT2D eigenvalue weighted by atomic mass is 79.9. The fourth-order valence-corrected chi connectivity index (χ4v) is 2.26. The van der Waals surface area contributed by atoms with Crippen molar-refractivity contribution in [3.05, 3.63) is 20.8 Å². The number of aromatic nitrogens is 1. The van der Waals surface area contributed by atoms with E-state index in [1.54, 1.807) is 4.90 Å². The van der Waals surface area contributed by atoms with E-state index in [1.165, 1.54) is 0 Å². The Balaban J connectivity index is 3.37. The molecule has 1 rings (SSSR count). The molecule has 84 valence electrons. The second-order valence-electron chi connectivity index (χ2n) is 2.84. The Hall–Kier alpha value is -0.230. The number of hydrogen-bond acceptors (Lipinski definition) is 2. The summed E-state index contributed by atoms with van der Waals surface area (Å²) in [5.41, 5.74) is -0.0475. The second kappa shape index (κ2) is 5.21. The molecule has 0 amide bonds. The van der Waals surface area contributed by atoms with Gasteiger partial charge in [-0.05, 0) is 45.7 Å². The summed E-state index contributed by atoms with van der Waals surface area (Å²) >= 11 is 5.90. The predicted molar refractivity (Wildman–Crippen MR) is 63.1 cm³/mol. The van der Waals surface area contributed by atoms with Crippen LogP contribution in [-0.2, 0) is 0 Å². The topological polar surface area (TPSA) is 16.1 Å². The van der Waals surface area contributed by atoms with Gasteiger partial charge in [-0.3, -0.25) is 0 Å². The molecule has 0 saturated carbocycles.